The molecule has 1 aromatic rings. The fraction of sp³-hybridized carbons (Fsp3) is 0.500. The van der Waals surface area contributed by atoms with Crippen molar-refractivity contribution < 1.29 is 0 Å². The van der Waals surface area contributed by atoms with Crippen LogP contribution in [0.5, 0.6) is 0 Å². The van der Waals surface area contributed by atoms with E-state index in [-0.39, 0.29) is 0 Å². The van der Waals surface area contributed by atoms with E-state index in [0.717, 1.165) is 31.0 Å². The Labute approximate surface area is 96.9 Å². The van der Waals surface area contributed by atoms with Crippen LogP contribution < -0.4 is 5.32 Å². The van der Waals surface area contributed by atoms with Crippen molar-refractivity contribution in [1.29, 1.82) is 5.26 Å². The van der Waals surface area contributed by atoms with Gasteiger partial charge in [-0.15, -0.1) is 0 Å². The molecule has 1 heterocycles. The zero-order chi connectivity index (χ0) is 11.8. The second kappa shape index (κ2) is 6.81. The molecule has 0 unspecified atom stereocenters. The van der Waals surface area contributed by atoms with E-state index in [9.17, 15) is 0 Å². The summed E-state index contributed by atoms with van der Waals surface area (Å²) in [7, 11) is 1.90. The van der Waals surface area contributed by atoms with Crippen LogP contribution in [-0.2, 0) is 6.54 Å². The van der Waals surface area contributed by atoms with Gasteiger partial charge in [-0.3, -0.25) is 9.88 Å². The molecule has 0 saturated heterocycles. The van der Waals surface area contributed by atoms with Gasteiger partial charge in [0.15, 0.2) is 0 Å². The van der Waals surface area contributed by atoms with Crippen LogP contribution in [0.2, 0.25) is 0 Å². The molecule has 0 bridgehead atoms. The van der Waals surface area contributed by atoms with Gasteiger partial charge in [0.1, 0.15) is 0 Å². The molecule has 0 atom stereocenters. The Balaban J connectivity index is 2.59. The third kappa shape index (κ3) is 3.87. The molecule has 0 radical (unpaired) electrons. The minimum atomic E-state index is 0.569. The molecule has 16 heavy (non-hydrogen) atoms. The normalized spacial score (nSPS) is 10.1. The minimum absolute atomic E-state index is 0.569. The first-order chi connectivity index (χ1) is 7.80. The number of anilines is 1. The van der Waals surface area contributed by atoms with Crippen molar-refractivity contribution >= 4 is 5.69 Å². The summed E-state index contributed by atoms with van der Waals surface area (Å²) in [5, 5.41) is 11.6. The van der Waals surface area contributed by atoms with Gasteiger partial charge >= 0.3 is 0 Å². The number of hydrogen-bond acceptors (Lipinski definition) is 4. The number of pyridine rings is 1. The number of nitriles is 1. The summed E-state index contributed by atoms with van der Waals surface area (Å²) in [5.41, 5.74) is 2.10. The SMILES string of the molecule is CCN(CCC#N)Cc1cc(NC)ccn1. The average Bonchev–Trinajstić information content (AvgIpc) is 2.34. The van der Waals surface area contributed by atoms with Gasteiger partial charge < -0.3 is 5.32 Å². The fourth-order valence-corrected chi connectivity index (χ4v) is 1.51. The summed E-state index contributed by atoms with van der Waals surface area (Å²) in [6.07, 6.45) is 2.37. The first-order valence-electron chi connectivity index (χ1n) is 5.52. The Morgan fingerprint density at radius 1 is 1.56 bits per heavy atom. The second-order valence-corrected chi connectivity index (χ2v) is 3.56. The largest absolute Gasteiger partial charge is 0.388 e. The topological polar surface area (TPSA) is 52.0 Å². The summed E-state index contributed by atoms with van der Waals surface area (Å²) in [5.74, 6) is 0. The van der Waals surface area contributed by atoms with Crippen molar-refractivity contribution in [3.63, 3.8) is 0 Å². The average molecular weight is 218 g/mol. The molecule has 0 aliphatic carbocycles. The van der Waals surface area contributed by atoms with Gasteiger partial charge in [-0.1, -0.05) is 6.92 Å². The molecule has 4 heteroatoms. The molecule has 86 valence electrons. The number of aromatic nitrogens is 1. The van der Waals surface area contributed by atoms with Crippen LogP contribution in [0.25, 0.3) is 0 Å². The number of nitrogens with one attached hydrogen (secondary N) is 1. The van der Waals surface area contributed by atoms with E-state index in [0.29, 0.717) is 6.42 Å². The highest BCUT2D eigenvalue weighted by Gasteiger charge is 2.04. The molecule has 0 amide bonds. The van der Waals surface area contributed by atoms with E-state index < -0.39 is 0 Å². The van der Waals surface area contributed by atoms with Gasteiger partial charge in [0.05, 0.1) is 11.8 Å². The van der Waals surface area contributed by atoms with E-state index in [1.807, 2.05) is 19.2 Å². The molecule has 0 saturated carbocycles. The fourth-order valence-electron chi connectivity index (χ4n) is 1.51. The molecular weight excluding hydrogens is 200 g/mol. The molecule has 1 rings (SSSR count). The lowest BCUT2D eigenvalue weighted by Crippen LogP contribution is -2.24. The molecule has 0 aliphatic heterocycles. The third-order valence-electron chi connectivity index (χ3n) is 2.48. The highest BCUT2D eigenvalue weighted by atomic mass is 15.1. The van der Waals surface area contributed by atoms with Crippen molar-refractivity contribution in [3.05, 3.63) is 24.0 Å². The monoisotopic (exact) mass is 218 g/mol. The summed E-state index contributed by atoms with van der Waals surface area (Å²) in [6.45, 7) is 4.64. The first-order valence-corrected chi connectivity index (χ1v) is 5.52. The first kappa shape index (κ1) is 12.5. The quantitative estimate of drug-likeness (QED) is 0.791. The summed E-state index contributed by atoms with van der Waals surface area (Å²) < 4.78 is 0. The molecule has 0 spiro atoms. The maximum atomic E-state index is 8.56. The van der Waals surface area contributed by atoms with Gasteiger partial charge in [0, 0.05) is 38.4 Å². The zero-order valence-electron chi connectivity index (χ0n) is 9.90. The van der Waals surface area contributed by atoms with E-state index >= 15 is 0 Å². The van der Waals surface area contributed by atoms with E-state index in [1.54, 1.807) is 6.20 Å². The third-order valence-corrected chi connectivity index (χ3v) is 2.48. The molecule has 0 fully saturated rings. The number of rotatable bonds is 6. The van der Waals surface area contributed by atoms with Gasteiger partial charge in [-0.05, 0) is 18.7 Å². The second-order valence-electron chi connectivity index (χ2n) is 3.56. The predicted molar refractivity (Wildman–Crippen MR) is 65.0 cm³/mol. The van der Waals surface area contributed by atoms with Crippen LogP contribution in [0.3, 0.4) is 0 Å². The van der Waals surface area contributed by atoms with Crippen LogP contribution in [0.1, 0.15) is 19.0 Å². The molecule has 0 aliphatic rings. The Morgan fingerprint density at radius 2 is 2.38 bits per heavy atom. The van der Waals surface area contributed by atoms with Crippen LogP contribution in [0, 0.1) is 11.3 Å². The van der Waals surface area contributed by atoms with Crippen molar-refractivity contribution in [2.75, 3.05) is 25.5 Å². The lowest BCUT2D eigenvalue weighted by atomic mass is 10.3. The zero-order valence-corrected chi connectivity index (χ0v) is 9.90. The maximum Gasteiger partial charge on any atom is 0.0635 e. The highest BCUT2D eigenvalue weighted by Crippen LogP contribution is 2.09. The highest BCUT2D eigenvalue weighted by molar-refractivity contribution is 5.42. The lowest BCUT2D eigenvalue weighted by Gasteiger charge is -2.18. The Hall–Kier alpha value is -1.60. The Bertz CT molecular complexity index is 356. The standard InChI is InChI=1S/C12H18N4/c1-3-16(8-4-6-13)10-12-9-11(14-2)5-7-15-12/h5,7,9H,3-4,8,10H2,1-2H3,(H,14,15). The Kier molecular flexibility index (Phi) is 5.30. The Morgan fingerprint density at radius 3 is 3.00 bits per heavy atom. The summed E-state index contributed by atoms with van der Waals surface area (Å²) in [6, 6.07) is 6.14. The van der Waals surface area contributed by atoms with Crippen LogP contribution in [0.4, 0.5) is 5.69 Å². The van der Waals surface area contributed by atoms with Gasteiger partial charge in [0.2, 0.25) is 0 Å². The van der Waals surface area contributed by atoms with Crippen molar-refractivity contribution in [3.8, 4) is 6.07 Å². The minimum Gasteiger partial charge on any atom is -0.388 e. The molecule has 1 aromatic heterocycles. The summed E-state index contributed by atoms with van der Waals surface area (Å²) in [4.78, 5) is 6.53. The van der Waals surface area contributed by atoms with Crippen LogP contribution in [-0.4, -0.2) is 30.0 Å². The van der Waals surface area contributed by atoms with Crippen molar-refractivity contribution in [2.24, 2.45) is 0 Å². The van der Waals surface area contributed by atoms with Crippen LogP contribution in [0.15, 0.2) is 18.3 Å². The van der Waals surface area contributed by atoms with E-state index in [1.165, 1.54) is 0 Å². The van der Waals surface area contributed by atoms with Crippen LogP contribution >= 0.6 is 0 Å². The van der Waals surface area contributed by atoms with Crippen molar-refractivity contribution in [2.45, 2.75) is 19.9 Å². The van der Waals surface area contributed by atoms with E-state index in [2.05, 4.69) is 28.2 Å². The van der Waals surface area contributed by atoms with E-state index in [4.69, 9.17) is 5.26 Å². The molecule has 0 aromatic carbocycles. The van der Waals surface area contributed by atoms with Crippen molar-refractivity contribution in [1.82, 2.24) is 9.88 Å². The van der Waals surface area contributed by atoms with Gasteiger partial charge in [-0.2, -0.15) is 5.26 Å². The number of nitrogens with zero attached hydrogens (tertiary/aromatic N) is 3. The maximum absolute atomic E-state index is 8.56. The summed E-state index contributed by atoms with van der Waals surface area (Å²) >= 11 is 0. The molecular formula is C12H18N4. The molecule has 1 N–H and O–H groups in total. The smallest absolute Gasteiger partial charge is 0.0635 e. The van der Waals surface area contributed by atoms with Gasteiger partial charge in [-0.25, -0.2) is 0 Å². The van der Waals surface area contributed by atoms with Gasteiger partial charge in [0.25, 0.3) is 0 Å². The number of hydrogen-bond donors (Lipinski definition) is 1. The lowest BCUT2D eigenvalue weighted by molar-refractivity contribution is 0.283. The predicted octanol–water partition coefficient (Wildman–Crippen LogP) is 1.86. The molecule has 4 nitrogen and oxygen atoms in total.